The summed E-state index contributed by atoms with van der Waals surface area (Å²) in [5.41, 5.74) is 1.70. The number of hydrogen-bond acceptors (Lipinski definition) is 2. The fourth-order valence-electron chi connectivity index (χ4n) is 2.68. The molecule has 5 heteroatoms. The molecule has 0 spiro atoms. The third kappa shape index (κ3) is 4.24. The number of rotatable bonds is 5. The third-order valence-corrected chi connectivity index (χ3v) is 4.00. The van der Waals surface area contributed by atoms with Crippen LogP contribution in [-0.4, -0.2) is 5.11 Å². The van der Waals surface area contributed by atoms with Gasteiger partial charge in [-0.05, 0) is 46.5 Å². The summed E-state index contributed by atoms with van der Waals surface area (Å²) in [5, 5.41) is 9.49. The van der Waals surface area contributed by atoms with E-state index >= 15 is 0 Å². The summed E-state index contributed by atoms with van der Waals surface area (Å²) in [6.07, 6.45) is -4.44. The lowest BCUT2D eigenvalue weighted by Crippen LogP contribution is -2.06. The van der Waals surface area contributed by atoms with Gasteiger partial charge in [0.1, 0.15) is 12.4 Å². The van der Waals surface area contributed by atoms with Crippen molar-refractivity contribution < 1.29 is 23.0 Å². The van der Waals surface area contributed by atoms with E-state index in [-0.39, 0.29) is 5.56 Å². The average Bonchev–Trinajstić information content (AvgIpc) is 2.66. The molecule has 1 N–H and O–H groups in total. The maximum atomic E-state index is 12.9. The van der Waals surface area contributed by atoms with E-state index < -0.39 is 18.3 Å². The van der Waals surface area contributed by atoms with E-state index in [0.717, 1.165) is 17.7 Å². The number of hydrogen-bond donors (Lipinski definition) is 1. The first-order valence-electron chi connectivity index (χ1n) is 8.05. The van der Waals surface area contributed by atoms with Crippen molar-refractivity contribution in [1.29, 1.82) is 0 Å². The number of alkyl halides is 3. The molecule has 0 saturated carbocycles. The molecule has 2 nitrogen and oxygen atoms in total. The molecule has 0 atom stereocenters. The summed E-state index contributed by atoms with van der Waals surface area (Å²) in [6.45, 7) is -0.0848. The molecule has 134 valence electrons. The minimum absolute atomic E-state index is 0.222. The molecule has 0 amide bonds. The van der Waals surface area contributed by atoms with Crippen molar-refractivity contribution in [3.63, 3.8) is 0 Å². The molecule has 3 rings (SSSR count). The smallest absolute Gasteiger partial charge is 0.416 e. The van der Waals surface area contributed by atoms with E-state index in [0.29, 0.717) is 23.5 Å². The fraction of sp³-hybridized carbons (Fsp3) is 0.143. The predicted molar refractivity (Wildman–Crippen MR) is 93.6 cm³/mol. The highest BCUT2D eigenvalue weighted by Gasteiger charge is 2.31. The second kappa shape index (κ2) is 7.62. The zero-order valence-corrected chi connectivity index (χ0v) is 13.8. The predicted octanol–water partition coefficient (Wildman–Crippen LogP) is 5.44. The van der Waals surface area contributed by atoms with E-state index in [2.05, 4.69) is 0 Å². The van der Waals surface area contributed by atoms with Crippen LogP contribution in [0.15, 0.2) is 72.8 Å². The Balaban J connectivity index is 1.85. The molecule has 26 heavy (non-hydrogen) atoms. The minimum Gasteiger partial charge on any atom is -0.489 e. The van der Waals surface area contributed by atoms with Gasteiger partial charge in [0.25, 0.3) is 0 Å². The van der Waals surface area contributed by atoms with Crippen LogP contribution in [0.1, 0.15) is 16.7 Å². The second-order valence-electron chi connectivity index (χ2n) is 5.83. The SMILES string of the molecule is OCc1cc(C(F)(F)F)ccc1-c1cccc(OCc2ccccc2)c1. The average molecular weight is 358 g/mol. The standard InChI is InChI=1S/C21H17F3O2/c22-21(23,24)18-9-10-20(17(11-18)13-25)16-7-4-8-19(12-16)26-14-15-5-2-1-3-6-15/h1-12,25H,13-14H2. The van der Waals surface area contributed by atoms with Gasteiger partial charge in [-0.3, -0.25) is 0 Å². The van der Waals surface area contributed by atoms with Crippen LogP contribution in [0, 0.1) is 0 Å². The second-order valence-corrected chi connectivity index (χ2v) is 5.83. The highest BCUT2D eigenvalue weighted by molar-refractivity contribution is 5.69. The van der Waals surface area contributed by atoms with Crippen LogP contribution >= 0.6 is 0 Å². The van der Waals surface area contributed by atoms with Crippen molar-refractivity contribution in [1.82, 2.24) is 0 Å². The maximum Gasteiger partial charge on any atom is 0.416 e. The lowest BCUT2D eigenvalue weighted by molar-refractivity contribution is -0.137. The van der Waals surface area contributed by atoms with Crippen molar-refractivity contribution in [3.05, 3.63) is 89.5 Å². The Morgan fingerprint density at radius 1 is 0.846 bits per heavy atom. The fourth-order valence-corrected chi connectivity index (χ4v) is 2.68. The van der Waals surface area contributed by atoms with Gasteiger partial charge in [0.05, 0.1) is 12.2 Å². The molecule has 0 aliphatic rings. The zero-order chi connectivity index (χ0) is 18.6. The minimum atomic E-state index is -4.44. The van der Waals surface area contributed by atoms with Crippen LogP contribution in [-0.2, 0) is 19.4 Å². The van der Waals surface area contributed by atoms with Crippen molar-refractivity contribution in [2.45, 2.75) is 19.4 Å². The van der Waals surface area contributed by atoms with Crippen LogP contribution in [0.4, 0.5) is 13.2 Å². The zero-order valence-electron chi connectivity index (χ0n) is 13.8. The van der Waals surface area contributed by atoms with E-state index in [1.165, 1.54) is 6.07 Å². The number of benzene rings is 3. The maximum absolute atomic E-state index is 12.9. The third-order valence-electron chi connectivity index (χ3n) is 4.00. The van der Waals surface area contributed by atoms with E-state index in [9.17, 15) is 18.3 Å². The van der Waals surface area contributed by atoms with Gasteiger partial charge >= 0.3 is 6.18 Å². The molecule has 3 aromatic rings. The summed E-state index contributed by atoms with van der Waals surface area (Å²) in [4.78, 5) is 0. The number of ether oxygens (including phenoxy) is 1. The summed E-state index contributed by atoms with van der Waals surface area (Å²) in [5.74, 6) is 0.607. The summed E-state index contributed by atoms with van der Waals surface area (Å²) in [7, 11) is 0. The Labute approximate surface area is 149 Å². The first kappa shape index (κ1) is 18.0. The molecule has 0 radical (unpaired) electrons. The Morgan fingerprint density at radius 3 is 2.31 bits per heavy atom. The Morgan fingerprint density at radius 2 is 1.62 bits per heavy atom. The van der Waals surface area contributed by atoms with E-state index in [1.54, 1.807) is 24.3 Å². The summed E-state index contributed by atoms with van der Waals surface area (Å²) >= 11 is 0. The van der Waals surface area contributed by atoms with Gasteiger partial charge in [0.15, 0.2) is 0 Å². The van der Waals surface area contributed by atoms with E-state index in [4.69, 9.17) is 4.74 Å². The Bertz CT molecular complexity index is 874. The van der Waals surface area contributed by atoms with Crippen LogP contribution in [0.3, 0.4) is 0 Å². The Kier molecular flexibility index (Phi) is 5.28. The van der Waals surface area contributed by atoms with Crippen molar-refractivity contribution in [3.8, 4) is 16.9 Å². The van der Waals surface area contributed by atoms with Gasteiger partial charge in [-0.2, -0.15) is 13.2 Å². The lowest BCUT2D eigenvalue weighted by Gasteiger charge is -2.13. The first-order valence-corrected chi connectivity index (χ1v) is 8.05. The van der Waals surface area contributed by atoms with Crippen molar-refractivity contribution in [2.24, 2.45) is 0 Å². The summed E-state index contributed by atoms with van der Waals surface area (Å²) in [6, 6.07) is 20.1. The van der Waals surface area contributed by atoms with Crippen LogP contribution in [0.25, 0.3) is 11.1 Å². The molecule has 0 fully saturated rings. The number of aliphatic hydroxyl groups is 1. The molecular formula is C21H17F3O2. The molecule has 0 aliphatic carbocycles. The van der Waals surface area contributed by atoms with Crippen LogP contribution < -0.4 is 4.74 Å². The molecule has 0 aromatic heterocycles. The highest BCUT2D eigenvalue weighted by atomic mass is 19.4. The monoisotopic (exact) mass is 358 g/mol. The van der Waals surface area contributed by atoms with Gasteiger partial charge in [0.2, 0.25) is 0 Å². The van der Waals surface area contributed by atoms with Crippen LogP contribution in [0.2, 0.25) is 0 Å². The molecule has 0 unspecified atom stereocenters. The topological polar surface area (TPSA) is 29.5 Å². The first-order chi connectivity index (χ1) is 12.5. The number of halogens is 3. The van der Waals surface area contributed by atoms with Gasteiger partial charge < -0.3 is 9.84 Å². The van der Waals surface area contributed by atoms with E-state index in [1.807, 2.05) is 30.3 Å². The molecule has 0 heterocycles. The van der Waals surface area contributed by atoms with Crippen LogP contribution in [0.5, 0.6) is 5.75 Å². The van der Waals surface area contributed by atoms with Crippen molar-refractivity contribution >= 4 is 0 Å². The molecule has 0 bridgehead atoms. The largest absolute Gasteiger partial charge is 0.489 e. The lowest BCUT2D eigenvalue weighted by atomic mass is 9.97. The van der Waals surface area contributed by atoms with Crippen molar-refractivity contribution in [2.75, 3.05) is 0 Å². The highest BCUT2D eigenvalue weighted by Crippen LogP contribution is 2.34. The van der Waals surface area contributed by atoms with Gasteiger partial charge in [-0.25, -0.2) is 0 Å². The molecular weight excluding hydrogens is 341 g/mol. The Hall–Kier alpha value is -2.79. The van der Waals surface area contributed by atoms with Gasteiger partial charge in [0, 0.05) is 0 Å². The quantitative estimate of drug-likeness (QED) is 0.658. The molecule has 3 aromatic carbocycles. The summed E-state index contributed by atoms with van der Waals surface area (Å²) < 4.78 is 44.4. The number of aliphatic hydroxyl groups excluding tert-OH is 1. The molecule has 0 saturated heterocycles. The normalized spacial score (nSPS) is 11.4. The molecule has 0 aliphatic heterocycles. The van der Waals surface area contributed by atoms with Gasteiger partial charge in [-0.1, -0.05) is 48.5 Å². The van der Waals surface area contributed by atoms with Gasteiger partial charge in [-0.15, -0.1) is 0 Å².